The van der Waals surface area contributed by atoms with Crippen molar-refractivity contribution in [1.82, 2.24) is 4.98 Å². The molecule has 0 atom stereocenters. The summed E-state index contributed by atoms with van der Waals surface area (Å²) >= 11 is 0. The summed E-state index contributed by atoms with van der Waals surface area (Å²) in [6.07, 6.45) is 1.17. The predicted molar refractivity (Wildman–Crippen MR) is 168 cm³/mol. The number of pyridine rings is 1. The van der Waals surface area contributed by atoms with Gasteiger partial charge in [-0.25, -0.2) is 0 Å². The van der Waals surface area contributed by atoms with Crippen LogP contribution in [-0.2, 0) is 24.9 Å². The van der Waals surface area contributed by atoms with Crippen LogP contribution < -0.4 is 5.19 Å². The standard InChI is InChI=1S/C28H22NOSi.C5H8O2.CH4.Ir/c1-31(2,3)26-17-24(29-23-16-15-18-9-4-5-10-19(18)27(23)26)22-13-8-12-21-20-11-6-7-14-25(20)30-28(21)22;1-4(6)3-5(2)7;;/h4-12,14-17H,1-3H3;3,6H,1-2H3;1H4;/q-1;;;. The van der Waals surface area contributed by atoms with Crippen molar-refractivity contribution < 1.29 is 34.4 Å². The number of hydrogen-bond donors (Lipinski definition) is 1. The predicted octanol–water partition coefficient (Wildman–Crippen LogP) is 8.97. The second kappa shape index (κ2) is 12.3. The van der Waals surface area contributed by atoms with E-state index < -0.39 is 8.07 Å². The third-order valence-corrected chi connectivity index (χ3v) is 8.52. The van der Waals surface area contributed by atoms with Crippen LogP contribution in [0.5, 0.6) is 0 Å². The van der Waals surface area contributed by atoms with E-state index in [1.165, 1.54) is 41.3 Å². The van der Waals surface area contributed by atoms with Gasteiger partial charge in [-0.05, 0) is 42.4 Å². The first-order valence-corrected chi connectivity index (χ1v) is 16.2. The summed E-state index contributed by atoms with van der Waals surface area (Å²) in [6, 6.07) is 30.9. The van der Waals surface area contributed by atoms with E-state index in [-0.39, 0.29) is 39.1 Å². The van der Waals surface area contributed by atoms with Crippen LogP contribution in [0.3, 0.4) is 0 Å². The fourth-order valence-electron chi connectivity index (χ4n) is 4.90. The molecule has 0 spiro atoms. The summed E-state index contributed by atoms with van der Waals surface area (Å²) in [5.74, 6) is -0.0625. The molecular weight excluding hydrogens is 691 g/mol. The molecule has 4 nitrogen and oxygen atoms in total. The molecular formula is C34H34IrNO3Si-. The molecule has 0 aliphatic carbocycles. The Kier molecular flexibility index (Phi) is 9.52. The van der Waals surface area contributed by atoms with Crippen LogP contribution in [-0.4, -0.2) is 23.9 Å². The first kappa shape index (κ1) is 31.0. The minimum Gasteiger partial charge on any atom is -0.512 e. The van der Waals surface area contributed by atoms with E-state index in [2.05, 4.69) is 86.4 Å². The fraction of sp³-hybridized carbons (Fsp3) is 0.176. The number of ketones is 1. The molecule has 1 radical (unpaired) electrons. The molecule has 6 heteroatoms. The van der Waals surface area contributed by atoms with Gasteiger partial charge in [-0.1, -0.05) is 97.8 Å². The average Bonchev–Trinajstić information content (AvgIpc) is 3.26. The van der Waals surface area contributed by atoms with Crippen molar-refractivity contribution in [2.45, 2.75) is 40.9 Å². The second-order valence-electron chi connectivity index (χ2n) is 10.6. The number of aromatic nitrogens is 1. The van der Waals surface area contributed by atoms with Gasteiger partial charge in [-0.2, -0.15) is 0 Å². The Morgan fingerprint density at radius 1 is 0.925 bits per heavy atom. The summed E-state index contributed by atoms with van der Waals surface area (Å²) in [7, 11) is -1.66. The molecule has 0 unspecified atom stereocenters. The SMILES string of the molecule is C.CC(=O)C=C(C)O.C[Si](C)(C)c1cc(-c2[c-]ccc3c2oc2ccccc23)nc2ccc3ccccc3c12.[Ir]. The number of carbonyl (C=O) groups is 1. The average molecular weight is 725 g/mol. The molecule has 4 aromatic carbocycles. The number of aliphatic hydroxyl groups is 1. The third-order valence-electron chi connectivity index (χ3n) is 6.51. The summed E-state index contributed by atoms with van der Waals surface area (Å²) in [6.45, 7) is 10.1. The normalized spacial score (nSPS) is 11.6. The smallest absolute Gasteiger partial charge is 0.155 e. The molecule has 6 rings (SSSR count). The zero-order valence-electron chi connectivity index (χ0n) is 22.6. The topological polar surface area (TPSA) is 63.3 Å². The molecule has 207 valence electrons. The number of fused-ring (bicyclic) bond motifs is 6. The van der Waals surface area contributed by atoms with Crippen LogP contribution in [0.2, 0.25) is 19.6 Å². The van der Waals surface area contributed by atoms with Crippen molar-refractivity contribution in [1.29, 1.82) is 0 Å². The van der Waals surface area contributed by atoms with E-state index in [1.54, 1.807) is 0 Å². The van der Waals surface area contributed by atoms with Gasteiger partial charge >= 0.3 is 0 Å². The summed E-state index contributed by atoms with van der Waals surface area (Å²) in [5.41, 5.74) is 4.66. The molecule has 0 aliphatic heterocycles. The fourth-order valence-corrected chi connectivity index (χ4v) is 6.48. The van der Waals surface area contributed by atoms with E-state index in [9.17, 15) is 4.79 Å². The number of allylic oxidation sites excluding steroid dienone is 2. The Morgan fingerprint density at radius 2 is 1.60 bits per heavy atom. The molecule has 0 amide bonds. The van der Waals surface area contributed by atoms with Gasteiger partial charge in [0.25, 0.3) is 0 Å². The number of carbonyl (C=O) groups excluding carboxylic acids is 1. The molecule has 0 bridgehead atoms. The quantitative estimate of drug-likeness (QED) is 0.0651. The van der Waals surface area contributed by atoms with Crippen LogP contribution in [0.25, 0.3) is 54.9 Å². The molecule has 2 aromatic heterocycles. The maximum absolute atomic E-state index is 10.0. The molecule has 0 saturated carbocycles. The summed E-state index contributed by atoms with van der Waals surface area (Å²) in [5, 5.41) is 15.9. The van der Waals surface area contributed by atoms with Gasteiger partial charge in [0.15, 0.2) is 5.78 Å². The largest absolute Gasteiger partial charge is 0.512 e. The van der Waals surface area contributed by atoms with E-state index >= 15 is 0 Å². The van der Waals surface area contributed by atoms with Crippen molar-refractivity contribution in [3.63, 3.8) is 0 Å². The van der Waals surface area contributed by atoms with Crippen LogP contribution >= 0.6 is 0 Å². The maximum Gasteiger partial charge on any atom is 0.155 e. The van der Waals surface area contributed by atoms with Crippen molar-refractivity contribution >= 4 is 62.7 Å². The summed E-state index contributed by atoms with van der Waals surface area (Å²) in [4.78, 5) is 15.1. The molecule has 0 fully saturated rings. The number of nitrogens with zero attached hydrogens (tertiary/aromatic N) is 1. The van der Waals surface area contributed by atoms with Gasteiger partial charge in [-0.15, -0.1) is 18.2 Å². The van der Waals surface area contributed by atoms with Crippen LogP contribution in [0, 0.1) is 6.07 Å². The molecule has 0 aliphatic rings. The van der Waals surface area contributed by atoms with Gasteiger partial charge in [0.1, 0.15) is 5.58 Å². The monoisotopic (exact) mass is 725 g/mol. The minimum absolute atomic E-state index is 0. The molecule has 40 heavy (non-hydrogen) atoms. The Labute approximate surface area is 250 Å². The number of para-hydroxylation sites is 1. The van der Waals surface area contributed by atoms with Gasteiger partial charge in [0.2, 0.25) is 0 Å². The zero-order valence-corrected chi connectivity index (χ0v) is 26.0. The maximum atomic E-state index is 10.0. The first-order valence-electron chi connectivity index (χ1n) is 12.7. The Morgan fingerprint density at radius 3 is 2.25 bits per heavy atom. The third kappa shape index (κ3) is 6.10. The van der Waals surface area contributed by atoms with Gasteiger partial charge < -0.3 is 9.52 Å². The number of furan rings is 1. The molecule has 6 aromatic rings. The van der Waals surface area contributed by atoms with Crippen molar-refractivity contribution in [3.8, 4) is 11.3 Å². The Hall–Kier alpha value is -3.57. The van der Waals surface area contributed by atoms with Crippen molar-refractivity contribution in [2.24, 2.45) is 0 Å². The molecule has 2 heterocycles. The first-order chi connectivity index (χ1) is 18.1. The van der Waals surface area contributed by atoms with Gasteiger partial charge in [0.05, 0.1) is 24.9 Å². The van der Waals surface area contributed by atoms with Crippen molar-refractivity contribution in [2.75, 3.05) is 0 Å². The van der Waals surface area contributed by atoms with Crippen LogP contribution in [0.1, 0.15) is 21.3 Å². The van der Waals surface area contributed by atoms with Gasteiger partial charge in [-0.3, -0.25) is 9.78 Å². The second-order valence-corrected chi connectivity index (χ2v) is 15.6. The van der Waals surface area contributed by atoms with Crippen LogP contribution in [0.4, 0.5) is 0 Å². The summed E-state index contributed by atoms with van der Waals surface area (Å²) < 4.78 is 6.29. The van der Waals surface area contributed by atoms with E-state index in [4.69, 9.17) is 14.5 Å². The van der Waals surface area contributed by atoms with E-state index in [1.807, 2.05) is 18.2 Å². The Balaban J connectivity index is 0.000000439. The Bertz CT molecular complexity index is 1860. The molecule has 0 saturated heterocycles. The zero-order chi connectivity index (χ0) is 27.0. The number of rotatable bonds is 3. The minimum atomic E-state index is -1.66. The molecule has 1 N–H and O–H groups in total. The van der Waals surface area contributed by atoms with Crippen molar-refractivity contribution in [3.05, 3.63) is 96.8 Å². The number of benzene rings is 4. The van der Waals surface area contributed by atoms with Crippen LogP contribution in [0.15, 0.2) is 95.1 Å². The van der Waals surface area contributed by atoms with Gasteiger partial charge in [0, 0.05) is 37.0 Å². The van der Waals surface area contributed by atoms with E-state index in [0.717, 1.165) is 38.7 Å². The van der Waals surface area contributed by atoms with E-state index in [0.29, 0.717) is 0 Å². The number of hydrogen-bond acceptors (Lipinski definition) is 4. The number of aliphatic hydroxyl groups excluding tert-OH is 1.